The number of aryl methyl sites for hydroxylation is 1. The lowest BCUT2D eigenvalue weighted by molar-refractivity contribution is -0.137. The van der Waals surface area contributed by atoms with Crippen molar-refractivity contribution in [1.29, 1.82) is 0 Å². The maximum absolute atomic E-state index is 11.4. The van der Waals surface area contributed by atoms with Crippen LogP contribution in [-0.4, -0.2) is 16.1 Å². The van der Waals surface area contributed by atoms with Gasteiger partial charge in [0.05, 0.1) is 0 Å². The molecule has 86 valence electrons. The molecule has 0 aliphatic rings. The number of pyridine rings is 1. The number of hydrogen-bond donors (Lipinski definition) is 1. The molecule has 0 aliphatic carbocycles. The molecule has 2 aromatic rings. The van der Waals surface area contributed by atoms with Gasteiger partial charge in [0.1, 0.15) is 5.92 Å². The summed E-state index contributed by atoms with van der Waals surface area (Å²) in [4.78, 5) is 15.3. The average Bonchev–Trinajstić information content (AvgIpc) is 2.33. The van der Waals surface area contributed by atoms with Gasteiger partial charge < -0.3 is 5.11 Å². The van der Waals surface area contributed by atoms with Crippen LogP contribution >= 0.6 is 0 Å². The van der Waals surface area contributed by atoms with E-state index < -0.39 is 11.9 Å². The van der Waals surface area contributed by atoms with E-state index in [4.69, 9.17) is 0 Å². The van der Waals surface area contributed by atoms with Gasteiger partial charge in [0, 0.05) is 12.4 Å². The van der Waals surface area contributed by atoms with Crippen LogP contribution in [0.15, 0.2) is 48.8 Å². The van der Waals surface area contributed by atoms with E-state index in [-0.39, 0.29) is 0 Å². The van der Waals surface area contributed by atoms with Crippen molar-refractivity contribution < 1.29 is 9.90 Å². The molecular formula is C14H13NO2. The van der Waals surface area contributed by atoms with Crippen molar-refractivity contribution in [2.24, 2.45) is 0 Å². The van der Waals surface area contributed by atoms with E-state index in [1.807, 2.05) is 31.2 Å². The number of carbonyl (C=O) groups is 1. The first-order chi connectivity index (χ1) is 8.18. The Labute approximate surface area is 99.8 Å². The topological polar surface area (TPSA) is 50.2 Å². The molecule has 0 amide bonds. The second kappa shape index (κ2) is 4.78. The fourth-order valence-electron chi connectivity index (χ4n) is 1.78. The molecule has 0 saturated heterocycles. The van der Waals surface area contributed by atoms with Crippen LogP contribution in [0.3, 0.4) is 0 Å². The highest BCUT2D eigenvalue weighted by atomic mass is 16.4. The van der Waals surface area contributed by atoms with Gasteiger partial charge in [0.25, 0.3) is 0 Å². The second-order valence-corrected chi connectivity index (χ2v) is 3.97. The summed E-state index contributed by atoms with van der Waals surface area (Å²) in [7, 11) is 0. The lowest BCUT2D eigenvalue weighted by atomic mass is 9.92. The molecule has 0 radical (unpaired) electrons. The molecular weight excluding hydrogens is 214 g/mol. The molecule has 1 atom stereocenters. The minimum atomic E-state index is -0.859. The van der Waals surface area contributed by atoms with Crippen LogP contribution in [0, 0.1) is 6.92 Å². The third-order valence-corrected chi connectivity index (χ3v) is 2.68. The highest BCUT2D eigenvalue weighted by Crippen LogP contribution is 2.24. The summed E-state index contributed by atoms with van der Waals surface area (Å²) in [6, 6.07) is 11.1. The van der Waals surface area contributed by atoms with Crippen molar-refractivity contribution in [2.75, 3.05) is 0 Å². The SMILES string of the molecule is Cc1ccc(C(C(=O)O)c2cccnc2)cc1. The summed E-state index contributed by atoms with van der Waals surface area (Å²) in [6.45, 7) is 1.98. The van der Waals surface area contributed by atoms with E-state index in [1.54, 1.807) is 24.5 Å². The zero-order valence-corrected chi connectivity index (χ0v) is 9.50. The van der Waals surface area contributed by atoms with Crippen LogP contribution < -0.4 is 0 Å². The molecule has 0 saturated carbocycles. The standard InChI is InChI=1S/C14H13NO2/c1-10-4-6-11(7-5-10)13(14(16)17)12-3-2-8-15-9-12/h2-9,13H,1H3,(H,16,17). The summed E-state index contributed by atoms with van der Waals surface area (Å²) in [6.07, 6.45) is 3.23. The molecule has 1 heterocycles. The van der Waals surface area contributed by atoms with Gasteiger partial charge in [0.2, 0.25) is 0 Å². The van der Waals surface area contributed by atoms with Crippen LogP contribution in [0.25, 0.3) is 0 Å². The Hall–Kier alpha value is -2.16. The lowest BCUT2D eigenvalue weighted by Gasteiger charge is -2.12. The third kappa shape index (κ3) is 2.50. The Morgan fingerprint density at radius 3 is 2.41 bits per heavy atom. The summed E-state index contributed by atoms with van der Waals surface area (Å²) >= 11 is 0. The average molecular weight is 227 g/mol. The van der Waals surface area contributed by atoms with E-state index in [0.29, 0.717) is 5.56 Å². The number of aliphatic carboxylic acids is 1. The lowest BCUT2D eigenvalue weighted by Crippen LogP contribution is -2.13. The molecule has 0 fully saturated rings. The largest absolute Gasteiger partial charge is 0.481 e. The predicted octanol–water partition coefficient (Wildman–Crippen LogP) is 2.61. The minimum Gasteiger partial charge on any atom is -0.481 e. The highest BCUT2D eigenvalue weighted by Gasteiger charge is 2.21. The van der Waals surface area contributed by atoms with Gasteiger partial charge >= 0.3 is 5.97 Å². The zero-order chi connectivity index (χ0) is 12.3. The number of hydrogen-bond acceptors (Lipinski definition) is 2. The molecule has 1 aromatic heterocycles. The van der Waals surface area contributed by atoms with Gasteiger partial charge in [0.15, 0.2) is 0 Å². The molecule has 3 nitrogen and oxygen atoms in total. The van der Waals surface area contributed by atoms with Gasteiger partial charge in [-0.15, -0.1) is 0 Å². The second-order valence-electron chi connectivity index (χ2n) is 3.97. The molecule has 1 N–H and O–H groups in total. The Balaban J connectivity index is 2.43. The van der Waals surface area contributed by atoms with Crippen LogP contribution in [0.2, 0.25) is 0 Å². The van der Waals surface area contributed by atoms with E-state index in [0.717, 1.165) is 11.1 Å². The van der Waals surface area contributed by atoms with Crippen molar-refractivity contribution in [3.8, 4) is 0 Å². The van der Waals surface area contributed by atoms with Gasteiger partial charge in [-0.25, -0.2) is 0 Å². The van der Waals surface area contributed by atoms with Crippen molar-refractivity contribution in [2.45, 2.75) is 12.8 Å². The fraction of sp³-hybridized carbons (Fsp3) is 0.143. The van der Waals surface area contributed by atoms with E-state index in [1.165, 1.54) is 0 Å². The number of carboxylic acid groups (broad SMARTS) is 1. The Morgan fingerprint density at radius 2 is 1.88 bits per heavy atom. The van der Waals surface area contributed by atoms with Crippen molar-refractivity contribution >= 4 is 5.97 Å². The maximum Gasteiger partial charge on any atom is 0.315 e. The first kappa shape index (κ1) is 11.3. The molecule has 0 spiro atoms. The van der Waals surface area contributed by atoms with E-state index >= 15 is 0 Å². The molecule has 0 bridgehead atoms. The number of carboxylic acids is 1. The van der Waals surface area contributed by atoms with E-state index in [9.17, 15) is 9.90 Å². The van der Waals surface area contributed by atoms with Crippen LogP contribution in [0.4, 0.5) is 0 Å². The Morgan fingerprint density at radius 1 is 1.18 bits per heavy atom. The van der Waals surface area contributed by atoms with E-state index in [2.05, 4.69) is 4.98 Å². The van der Waals surface area contributed by atoms with Gasteiger partial charge in [-0.3, -0.25) is 9.78 Å². The maximum atomic E-state index is 11.4. The number of benzene rings is 1. The Kier molecular flexibility index (Phi) is 3.19. The molecule has 17 heavy (non-hydrogen) atoms. The highest BCUT2D eigenvalue weighted by molar-refractivity contribution is 5.80. The van der Waals surface area contributed by atoms with Crippen molar-refractivity contribution in [3.63, 3.8) is 0 Å². The summed E-state index contributed by atoms with van der Waals surface area (Å²) < 4.78 is 0. The van der Waals surface area contributed by atoms with Gasteiger partial charge in [-0.05, 0) is 24.1 Å². The van der Waals surface area contributed by atoms with Crippen molar-refractivity contribution in [3.05, 3.63) is 65.5 Å². The summed E-state index contributed by atoms with van der Waals surface area (Å²) in [5.41, 5.74) is 2.59. The van der Waals surface area contributed by atoms with Gasteiger partial charge in [-0.1, -0.05) is 35.9 Å². The monoisotopic (exact) mass is 227 g/mol. The molecule has 1 aromatic carbocycles. The van der Waals surface area contributed by atoms with Crippen molar-refractivity contribution in [1.82, 2.24) is 4.98 Å². The molecule has 1 unspecified atom stereocenters. The van der Waals surface area contributed by atoms with Crippen LogP contribution in [-0.2, 0) is 4.79 Å². The fourth-order valence-corrected chi connectivity index (χ4v) is 1.78. The Bertz CT molecular complexity index is 506. The third-order valence-electron chi connectivity index (χ3n) is 2.68. The normalized spacial score (nSPS) is 12.1. The van der Waals surface area contributed by atoms with Gasteiger partial charge in [-0.2, -0.15) is 0 Å². The molecule has 3 heteroatoms. The number of rotatable bonds is 3. The molecule has 0 aliphatic heterocycles. The quantitative estimate of drug-likeness (QED) is 0.876. The number of aromatic nitrogens is 1. The smallest absolute Gasteiger partial charge is 0.315 e. The predicted molar refractivity (Wildman–Crippen MR) is 64.9 cm³/mol. The van der Waals surface area contributed by atoms with Crippen LogP contribution in [0.1, 0.15) is 22.6 Å². The number of nitrogens with zero attached hydrogens (tertiary/aromatic N) is 1. The summed E-state index contributed by atoms with van der Waals surface area (Å²) in [5.74, 6) is -1.51. The zero-order valence-electron chi connectivity index (χ0n) is 9.50. The first-order valence-electron chi connectivity index (χ1n) is 5.38. The van der Waals surface area contributed by atoms with Crippen LogP contribution in [0.5, 0.6) is 0 Å². The minimum absolute atomic E-state index is 0.649. The summed E-state index contributed by atoms with van der Waals surface area (Å²) in [5, 5.41) is 9.32. The molecule has 2 rings (SSSR count). The first-order valence-corrected chi connectivity index (χ1v) is 5.38.